The normalized spacial score (nSPS) is 18.9. The average Bonchev–Trinajstić information content (AvgIpc) is 3.17. The second-order valence-corrected chi connectivity index (χ2v) is 9.98. The van der Waals surface area contributed by atoms with Crippen LogP contribution < -0.4 is 5.32 Å². The summed E-state index contributed by atoms with van der Waals surface area (Å²) in [5.41, 5.74) is -0.642. The number of likely N-dealkylation sites (N-methyl/N-ethyl adjacent to an activating group) is 1. The molecule has 0 fully saturated rings. The lowest BCUT2D eigenvalue weighted by atomic mass is 9.91. The van der Waals surface area contributed by atoms with E-state index in [0.29, 0.717) is 25.2 Å². The van der Waals surface area contributed by atoms with Gasteiger partial charge in [0, 0.05) is 19.6 Å². The summed E-state index contributed by atoms with van der Waals surface area (Å²) in [7, 11) is 0. The van der Waals surface area contributed by atoms with E-state index in [1.54, 1.807) is 11.8 Å². The largest absolute Gasteiger partial charge is 0.416 e. The SMILES string of the molecule is CCCN(CCC)C(=O)[C@H](CC(C)C)N1CC2=C(C1=O)[C@H](c1ccccc1C(F)(F)F)NC(=O)N2CC. The van der Waals surface area contributed by atoms with Gasteiger partial charge in [0.05, 0.1) is 29.4 Å². The molecule has 204 valence electrons. The lowest BCUT2D eigenvalue weighted by molar-refractivity contribution is -0.143. The van der Waals surface area contributed by atoms with Gasteiger partial charge in [0.2, 0.25) is 5.91 Å². The first-order valence-electron chi connectivity index (χ1n) is 13.0. The predicted molar refractivity (Wildman–Crippen MR) is 134 cm³/mol. The van der Waals surface area contributed by atoms with Crippen molar-refractivity contribution in [3.05, 3.63) is 46.7 Å². The van der Waals surface area contributed by atoms with Crippen LogP contribution in [0.2, 0.25) is 0 Å². The van der Waals surface area contributed by atoms with E-state index in [-0.39, 0.29) is 36.1 Å². The molecular weight excluding hydrogens is 485 g/mol. The number of nitrogens with zero attached hydrogens (tertiary/aromatic N) is 3. The van der Waals surface area contributed by atoms with Crippen molar-refractivity contribution in [2.45, 2.75) is 72.1 Å². The summed E-state index contributed by atoms with van der Waals surface area (Å²) in [6.07, 6.45) is -2.73. The van der Waals surface area contributed by atoms with Gasteiger partial charge in [-0.05, 0) is 43.7 Å². The van der Waals surface area contributed by atoms with Gasteiger partial charge in [0.25, 0.3) is 5.91 Å². The Bertz CT molecular complexity index is 1050. The first-order chi connectivity index (χ1) is 17.5. The minimum absolute atomic E-state index is 0.00463. The number of hydrogen-bond acceptors (Lipinski definition) is 3. The van der Waals surface area contributed by atoms with Gasteiger partial charge in [-0.3, -0.25) is 14.5 Å². The van der Waals surface area contributed by atoms with Gasteiger partial charge in [0.15, 0.2) is 0 Å². The minimum Gasteiger partial charge on any atom is -0.341 e. The number of carbonyl (C=O) groups excluding carboxylic acids is 3. The van der Waals surface area contributed by atoms with E-state index in [0.717, 1.165) is 18.9 Å². The maximum atomic E-state index is 14.0. The van der Waals surface area contributed by atoms with Crippen LogP contribution in [0.3, 0.4) is 0 Å². The number of hydrogen-bond donors (Lipinski definition) is 1. The molecule has 4 amide bonds. The number of benzene rings is 1. The Morgan fingerprint density at radius 2 is 1.73 bits per heavy atom. The third-order valence-electron chi connectivity index (χ3n) is 6.80. The maximum Gasteiger partial charge on any atom is 0.416 e. The number of carbonyl (C=O) groups is 3. The van der Waals surface area contributed by atoms with E-state index in [9.17, 15) is 27.6 Å². The minimum atomic E-state index is -4.66. The highest BCUT2D eigenvalue weighted by Gasteiger charge is 2.49. The molecule has 2 heterocycles. The van der Waals surface area contributed by atoms with Gasteiger partial charge in [-0.15, -0.1) is 0 Å². The highest BCUT2D eigenvalue weighted by atomic mass is 19.4. The summed E-state index contributed by atoms with van der Waals surface area (Å²) >= 11 is 0. The number of rotatable bonds is 10. The van der Waals surface area contributed by atoms with Crippen LogP contribution >= 0.6 is 0 Å². The van der Waals surface area contributed by atoms with Crippen LogP contribution in [0.4, 0.5) is 18.0 Å². The van der Waals surface area contributed by atoms with E-state index < -0.39 is 35.8 Å². The van der Waals surface area contributed by atoms with Gasteiger partial charge in [-0.25, -0.2) is 4.79 Å². The van der Waals surface area contributed by atoms with Crippen molar-refractivity contribution in [3.63, 3.8) is 0 Å². The number of amides is 4. The Morgan fingerprint density at radius 1 is 1.11 bits per heavy atom. The van der Waals surface area contributed by atoms with Crippen LogP contribution in [0.25, 0.3) is 0 Å². The first-order valence-corrected chi connectivity index (χ1v) is 13.0. The number of alkyl halides is 3. The molecule has 3 rings (SSSR count). The molecule has 0 saturated heterocycles. The fourth-order valence-electron chi connectivity index (χ4n) is 5.23. The second-order valence-electron chi connectivity index (χ2n) is 9.98. The summed E-state index contributed by atoms with van der Waals surface area (Å²) in [4.78, 5) is 45.3. The molecule has 2 aliphatic rings. The van der Waals surface area contributed by atoms with Gasteiger partial charge < -0.3 is 15.1 Å². The molecule has 1 aromatic rings. The maximum absolute atomic E-state index is 14.0. The third kappa shape index (κ3) is 5.78. The van der Waals surface area contributed by atoms with Crippen LogP contribution in [-0.2, 0) is 15.8 Å². The molecule has 10 heteroatoms. The predicted octanol–water partition coefficient (Wildman–Crippen LogP) is 4.95. The number of urea groups is 1. The Kier molecular flexibility index (Phi) is 8.92. The van der Waals surface area contributed by atoms with Crippen molar-refractivity contribution in [1.82, 2.24) is 20.0 Å². The van der Waals surface area contributed by atoms with Crippen LogP contribution in [0, 0.1) is 5.92 Å². The zero-order valence-corrected chi connectivity index (χ0v) is 22.2. The van der Waals surface area contributed by atoms with Crippen molar-refractivity contribution in [1.29, 1.82) is 0 Å². The highest BCUT2D eigenvalue weighted by Crippen LogP contribution is 2.42. The highest BCUT2D eigenvalue weighted by molar-refractivity contribution is 6.03. The molecule has 0 unspecified atom stereocenters. The topological polar surface area (TPSA) is 73.0 Å². The summed E-state index contributed by atoms with van der Waals surface area (Å²) in [6.45, 7) is 11.0. The molecule has 2 aliphatic heterocycles. The Hall–Kier alpha value is -3.04. The van der Waals surface area contributed by atoms with Crippen LogP contribution in [-0.4, -0.2) is 64.8 Å². The lowest BCUT2D eigenvalue weighted by Crippen LogP contribution is -2.51. The summed E-state index contributed by atoms with van der Waals surface area (Å²) < 4.78 is 41.7. The fourth-order valence-corrected chi connectivity index (χ4v) is 5.23. The zero-order valence-electron chi connectivity index (χ0n) is 22.2. The molecule has 1 aromatic carbocycles. The number of halogens is 3. The molecule has 0 radical (unpaired) electrons. The zero-order chi connectivity index (χ0) is 27.5. The Labute approximate surface area is 216 Å². The van der Waals surface area contributed by atoms with Crippen LogP contribution in [0.1, 0.15) is 71.0 Å². The van der Waals surface area contributed by atoms with Crippen molar-refractivity contribution < 1.29 is 27.6 Å². The van der Waals surface area contributed by atoms with Gasteiger partial charge >= 0.3 is 12.2 Å². The van der Waals surface area contributed by atoms with E-state index in [4.69, 9.17) is 0 Å². The van der Waals surface area contributed by atoms with Gasteiger partial charge in [-0.1, -0.05) is 45.9 Å². The molecule has 0 saturated carbocycles. The summed E-state index contributed by atoms with van der Waals surface area (Å²) in [6, 6.07) is 2.37. The van der Waals surface area contributed by atoms with E-state index in [1.807, 2.05) is 27.7 Å². The Balaban J connectivity index is 2.09. The van der Waals surface area contributed by atoms with Gasteiger partial charge in [-0.2, -0.15) is 13.2 Å². The van der Waals surface area contributed by atoms with Crippen molar-refractivity contribution in [2.24, 2.45) is 5.92 Å². The Morgan fingerprint density at radius 3 is 2.27 bits per heavy atom. The van der Waals surface area contributed by atoms with Crippen molar-refractivity contribution in [2.75, 3.05) is 26.2 Å². The third-order valence-corrected chi connectivity index (χ3v) is 6.80. The lowest BCUT2D eigenvalue weighted by Gasteiger charge is -2.34. The molecule has 0 aliphatic carbocycles. The quantitative estimate of drug-likeness (QED) is 0.473. The van der Waals surface area contributed by atoms with Crippen molar-refractivity contribution >= 4 is 17.8 Å². The molecule has 0 spiro atoms. The monoisotopic (exact) mass is 522 g/mol. The molecule has 37 heavy (non-hydrogen) atoms. The molecule has 1 N–H and O–H groups in total. The summed E-state index contributed by atoms with van der Waals surface area (Å²) in [5.74, 6) is -0.587. The first kappa shape index (κ1) is 28.5. The standard InChI is InChI=1S/C27H37F3N4O3/c1-6-13-32(14-7-2)24(35)20(15-17(4)5)34-16-21-22(25(34)36)23(31-26(37)33(21)8-3)18-11-9-10-12-19(18)27(28,29)30/h9-12,17,20,23H,6-8,13-16H2,1-5H3,(H,31,37)/t20-,23-/m0/s1. The molecule has 7 nitrogen and oxygen atoms in total. The van der Waals surface area contributed by atoms with E-state index in [2.05, 4.69) is 5.32 Å². The van der Waals surface area contributed by atoms with E-state index in [1.165, 1.54) is 28.0 Å². The van der Waals surface area contributed by atoms with Gasteiger partial charge in [0.1, 0.15) is 6.04 Å². The number of nitrogens with one attached hydrogen (secondary N) is 1. The molecule has 0 aromatic heterocycles. The second kappa shape index (κ2) is 11.6. The molecule has 2 atom stereocenters. The smallest absolute Gasteiger partial charge is 0.341 e. The molecule has 0 bridgehead atoms. The fraction of sp³-hybridized carbons (Fsp3) is 0.593. The molecular formula is C27H37F3N4O3. The van der Waals surface area contributed by atoms with Crippen LogP contribution in [0.5, 0.6) is 0 Å². The average molecular weight is 523 g/mol. The van der Waals surface area contributed by atoms with E-state index >= 15 is 0 Å². The van der Waals surface area contributed by atoms with Crippen molar-refractivity contribution in [3.8, 4) is 0 Å². The van der Waals surface area contributed by atoms with Crippen LogP contribution in [0.15, 0.2) is 35.5 Å². The summed E-state index contributed by atoms with van der Waals surface area (Å²) in [5, 5.41) is 2.63.